The number of amides is 4. The lowest BCUT2D eigenvalue weighted by Gasteiger charge is -2.21. The third-order valence-electron chi connectivity index (χ3n) is 5.88. The monoisotopic (exact) mass is 546 g/mol. The summed E-state index contributed by atoms with van der Waals surface area (Å²) in [4.78, 5) is 62.7. The molecule has 0 aromatic heterocycles. The number of halogens is 4. The lowest BCUT2D eigenvalue weighted by molar-refractivity contribution is -0.196. The van der Waals surface area contributed by atoms with Crippen molar-refractivity contribution >= 4 is 46.9 Å². The van der Waals surface area contributed by atoms with Crippen LogP contribution in [0.25, 0.3) is 0 Å². The van der Waals surface area contributed by atoms with Crippen molar-refractivity contribution in [2.45, 2.75) is 69.9 Å². The summed E-state index contributed by atoms with van der Waals surface area (Å²) in [6.45, 7) is 2.41. The van der Waals surface area contributed by atoms with Crippen LogP contribution in [0.15, 0.2) is 18.2 Å². The van der Waals surface area contributed by atoms with Gasteiger partial charge in [0.25, 0.3) is 11.8 Å². The fourth-order valence-corrected chi connectivity index (χ4v) is 3.90. The number of nitrogens with one attached hydrogen (secondary N) is 4. The Labute approximate surface area is 215 Å². The minimum absolute atomic E-state index is 0.0473. The van der Waals surface area contributed by atoms with Crippen molar-refractivity contribution in [3.63, 3.8) is 0 Å². The minimum atomic E-state index is -4.80. The van der Waals surface area contributed by atoms with Gasteiger partial charge in [-0.1, -0.05) is 11.6 Å². The predicted octanol–water partition coefficient (Wildman–Crippen LogP) is 2.70. The first-order valence-electron chi connectivity index (χ1n) is 11.5. The number of ketones is 1. The number of carbonyl (C=O) groups is 5. The van der Waals surface area contributed by atoms with Gasteiger partial charge in [0.1, 0.15) is 0 Å². The number of carbonyl (C=O) groups excluding carboxylic acids is 5. The fourth-order valence-electron chi connectivity index (χ4n) is 3.73. The quantitative estimate of drug-likeness (QED) is 0.351. The summed E-state index contributed by atoms with van der Waals surface area (Å²) in [5.74, 6) is -3.79. The summed E-state index contributed by atoms with van der Waals surface area (Å²) in [7, 11) is 0. The van der Waals surface area contributed by atoms with Crippen LogP contribution in [0.5, 0.6) is 0 Å². The summed E-state index contributed by atoms with van der Waals surface area (Å²) >= 11 is 5.97. The molecule has 2 fully saturated rings. The summed E-state index contributed by atoms with van der Waals surface area (Å²) < 4.78 is 42.4. The van der Waals surface area contributed by atoms with E-state index in [1.807, 2.05) is 0 Å². The van der Waals surface area contributed by atoms with E-state index in [2.05, 4.69) is 26.0 Å². The molecule has 10 nitrogen and oxygen atoms in total. The Morgan fingerprint density at radius 3 is 2.46 bits per heavy atom. The van der Waals surface area contributed by atoms with E-state index in [4.69, 9.17) is 11.6 Å². The highest BCUT2D eigenvalue weighted by Crippen LogP contribution is 2.26. The molecular weight excluding hydrogens is 521 g/mol. The number of Topliss-reactive ketones (excluding diaryl/α,β-unsaturated/α-hetero) is 1. The van der Waals surface area contributed by atoms with Crippen LogP contribution in [0.1, 0.15) is 49.9 Å². The average Bonchev–Trinajstić information content (AvgIpc) is 3.55. The number of rotatable bonds is 9. The normalized spacial score (nSPS) is 20.9. The second kappa shape index (κ2) is 11.4. The van der Waals surface area contributed by atoms with Crippen LogP contribution in [-0.4, -0.2) is 60.0 Å². The molecule has 1 aromatic carbocycles. The van der Waals surface area contributed by atoms with Crippen LogP contribution in [-0.2, 0) is 19.1 Å². The van der Waals surface area contributed by atoms with Crippen LogP contribution in [0.2, 0.25) is 5.02 Å². The Bertz CT molecular complexity index is 1090. The molecule has 1 aliphatic heterocycles. The lowest BCUT2D eigenvalue weighted by Crippen LogP contribution is -2.49. The van der Waals surface area contributed by atoms with Crippen molar-refractivity contribution in [3.05, 3.63) is 28.8 Å². The molecule has 0 bridgehead atoms. The lowest BCUT2D eigenvalue weighted by atomic mass is 9.93. The zero-order chi connectivity index (χ0) is 27.5. The zero-order valence-corrected chi connectivity index (χ0v) is 20.7. The molecule has 2 aliphatic rings. The van der Waals surface area contributed by atoms with E-state index in [1.165, 1.54) is 12.1 Å². The van der Waals surface area contributed by atoms with Crippen LogP contribution < -0.4 is 21.3 Å². The van der Waals surface area contributed by atoms with Gasteiger partial charge >= 0.3 is 12.3 Å². The Kier molecular flexibility index (Phi) is 8.67. The van der Waals surface area contributed by atoms with Gasteiger partial charge in [0.05, 0.1) is 17.3 Å². The largest absolute Gasteiger partial charge is 0.437 e. The van der Waals surface area contributed by atoms with Gasteiger partial charge in [-0.15, -0.1) is 0 Å². The Hall–Kier alpha value is -3.35. The van der Waals surface area contributed by atoms with Gasteiger partial charge in [-0.05, 0) is 57.7 Å². The summed E-state index contributed by atoms with van der Waals surface area (Å²) in [6, 6.07) is 1.89. The second-order valence-electron chi connectivity index (χ2n) is 9.12. The van der Waals surface area contributed by atoms with Crippen molar-refractivity contribution in [1.29, 1.82) is 0 Å². The molecule has 4 N–H and O–H groups in total. The molecule has 1 saturated carbocycles. The smallest absolute Gasteiger partial charge is 0.425 e. The van der Waals surface area contributed by atoms with E-state index in [1.54, 1.807) is 6.92 Å². The van der Waals surface area contributed by atoms with Crippen molar-refractivity contribution in [3.8, 4) is 0 Å². The third kappa shape index (κ3) is 7.81. The van der Waals surface area contributed by atoms with Gasteiger partial charge in [0.2, 0.25) is 11.7 Å². The van der Waals surface area contributed by atoms with Gasteiger partial charge in [-0.3, -0.25) is 24.5 Å². The molecule has 0 radical (unpaired) electrons. The highest BCUT2D eigenvalue weighted by atomic mass is 35.5. The number of hydrogen-bond acceptors (Lipinski definition) is 6. The Morgan fingerprint density at radius 2 is 1.89 bits per heavy atom. The van der Waals surface area contributed by atoms with E-state index in [9.17, 15) is 37.1 Å². The Morgan fingerprint density at radius 1 is 1.22 bits per heavy atom. The van der Waals surface area contributed by atoms with E-state index in [0.717, 1.165) is 18.9 Å². The molecule has 202 valence electrons. The molecule has 37 heavy (non-hydrogen) atoms. The van der Waals surface area contributed by atoms with Crippen molar-refractivity contribution in [1.82, 2.24) is 16.0 Å². The molecule has 4 amide bonds. The topological polar surface area (TPSA) is 143 Å². The first-order valence-corrected chi connectivity index (χ1v) is 11.9. The van der Waals surface area contributed by atoms with Gasteiger partial charge in [0, 0.05) is 23.0 Å². The number of hydrogen-bond donors (Lipinski definition) is 4. The highest BCUT2D eigenvalue weighted by molar-refractivity contribution is 6.38. The molecular formula is C23H26ClF3N4O6. The van der Waals surface area contributed by atoms with Crippen molar-refractivity contribution < 1.29 is 41.9 Å². The maximum Gasteiger partial charge on any atom is 0.425 e. The SMILES string of the molecule is CC(OC(=O)Nc1ccc(Cl)cc1C(=O)N[C@@H](C[C@@H]1C[C@@H](C)NC1=O)C(=O)C(=O)NC1CC1)C(F)(F)F. The second-order valence-corrected chi connectivity index (χ2v) is 9.56. The summed E-state index contributed by atoms with van der Waals surface area (Å²) in [5.41, 5.74) is -0.545. The van der Waals surface area contributed by atoms with Crippen LogP contribution in [0, 0.1) is 5.92 Å². The average molecular weight is 547 g/mol. The van der Waals surface area contributed by atoms with E-state index in [0.29, 0.717) is 13.3 Å². The van der Waals surface area contributed by atoms with E-state index in [-0.39, 0.29) is 40.7 Å². The number of ether oxygens (including phenoxy) is 1. The minimum Gasteiger partial charge on any atom is -0.437 e. The zero-order valence-electron chi connectivity index (χ0n) is 19.9. The van der Waals surface area contributed by atoms with Crippen molar-refractivity contribution in [2.24, 2.45) is 5.92 Å². The van der Waals surface area contributed by atoms with Crippen LogP contribution >= 0.6 is 11.6 Å². The maximum atomic E-state index is 13.1. The molecule has 3 rings (SSSR count). The molecule has 14 heteroatoms. The molecule has 1 unspecified atom stereocenters. The molecule has 1 aromatic rings. The van der Waals surface area contributed by atoms with Gasteiger partial charge < -0.3 is 20.7 Å². The van der Waals surface area contributed by atoms with E-state index >= 15 is 0 Å². The van der Waals surface area contributed by atoms with Crippen molar-refractivity contribution in [2.75, 3.05) is 5.32 Å². The third-order valence-corrected chi connectivity index (χ3v) is 6.12. The summed E-state index contributed by atoms with van der Waals surface area (Å²) in [6.07, 6.45) is -7.02. The number of alkyl halides is 3. The molecule has 1 saturated heterocycles. The fraction of sp³-hybridized carbons (Fsp3) is 0.522. The molecule has 1 aliphatic carbocycles. The molecule has 4 atom stereocenters. The van der Waals surface area contributed by atoms with E-state index < -0.39 is 47.9 Å². The van der Waals surface area contributed by atoms with Gasteiger partial charge in [-0.2, -0.15) is 13.2 Å². The predicted molar refractivity (Wildman–Crippen MR) is 125 cm³/mol. The first-order chi connectivity index (χ1) is 17.2. The van der Waals surface area contributed by atoms with Gasteiger partial charge in [-0.25, -0.2) is 4.79 Å². The first kappa shape index (κ1) is 28.2. The summed E-state index contributed by atoms with van der Waals surface area (Å²) in [5, 5.41) is 9.77. The van der Waals surface area contributed by atoms with Crippen LogP contribution in [0.4, 0.5) is 23.7 Å². The standard InChI is InChI=1S/C23H26ClF3N4O6/c1-10-7-12(19(33)28-10)8-17(18(32)21(35)29-14-4-5-14)30-20(34)15-9-13(24)3-6-16(15)31-22(36)37-11(2)23(25,26)27/h3,6,9-12,14,17H,4-5,7-8H2,1-2H3,(H,28,33)(H,29,35)(H,30,34)(H,31,36)/t10-,11?,12+,17+/m1/s1. The molecule has 0 spiro atoms. The number of anilines is 1. The Balaban J connectivity index is 1.79. The number of benzene rings is 1. The maximum absolute atomic E-state index is 13.1. The van der Waals surface area contributed by atoms with Crippen LogP contribution in [0.3, 0.4) is 0 Å². The molecule has 1 heterocycles. The highest BCUT2D eigenvalue weighted by Gasteiger charge is 2.40. The van der Waals surface area contributed by atoms with Gasteiger partial charge in [0.15, 0.2) is 6.10 Å².